The first-order chi connectivity index (χ1) is 9.30. The van der Waals surface area contributed by atoms with Crippen LogP contribution in [0.3, 0.4) is 0 Å². The predicted molar refractivity (Wildman–Crippen MR) is 73.7 cm³/mol. The Balaban J connectivity index is 2.40. The number of hydrogen-bond acceptors (Lipinski definition) is 6. The number of ether oxygens (including phenoxy) is 1. The molecule has 0 aliphatic carbocycles. The molecule has 0 fully saturated rings. The number of imidazole rings is 1. The number of nitrogens with zero attached hydrogens (tertiary/aromatic N) is 4. The molecule has 2 heterocycles. The maximum Gasteiger partial charge on any atom is 0.180 e. The van der Waals surface area contributed by atoms with Gasteiger partial charge in [-0.3, -0.25) is 0 Å². The van der Waals surface area contributed by atoms with E-state index >= 15 is 0 Å². The number of anilines is 2. The van der Waals surface area contributed by atoms with Crippen molar-refractivity contribution in [3.05, 3.63) is 18.6 Å². The molecule has 2 rings (SSSR count). The van der Waals surface area contributed by atoms with Crippen LogP contribution in [0.25, 0.3) is 5.65 Å². The van der Waals surface area contributed by atoms with Gasteiger partial charge in [0.15, 0.2) is 11.5 Å². The second-order valence-corrected chi connectivity index (χ2v) is 4.06. The summed E-state index contributed by atoms with van der Waals surface area (Å²) in [5.41, 5.74) is 0.767. The van der Waals surface area contributed by atoms with Crippen molar-refractivity contribution in [3.63, 3.8) is 0 Å². The van der Waals surface area contributed by atoms with E-state index in [0.29, 0.717) is 19.7 Å². The number of aliphatic hydroxyl groups is 1. The van der Waals surface area contributed by atoms with E-state index in [9.17, 15) is 5.11 Å². The van der Waals surface area contributed by atoms with Crippen molar-refractivity contribution < 1.29 is 9.84 Å². The van der Waals surface area contributed by atoms with Crippen LogP contribution >= 0.6 is 0 Å². The van der Waals surface area contributed by atoms with Gasteiger partial charge >= 0.3 is 0 Å². The Hall–Kier alpha value is -1.86. The molecule has 0 spiro atoms. The van der Waals surface area contributed by atoms with Gasteiger partial charge in [-0.05, 0) is 0 Å². The number of methoxy groups -OCH3 is 1. The molecule has 7 nitrogen and oxygen atoms in total. The summed E-state index contributed by atoms with van der Waals surface area (Å²) in [4.78, 5) is 10.8. The monoisotopic (exact) mass is 265 g/mol. The fraction of sp³-hybridized carbons (Fsp3) is 0.500. The second-order valence-electron chi connectivity index (χ2n) is 4.06. The van der Waals surface area contributed by atoms with Gasteiger partial charge in [0.05, 0.1) is 19.4 Å². The average molecular weight is 265 g/mol. The lowest BCUT2D eigenvalue weighted by Gasteiger charge is -2.23. The van der Waals surface area contributed by atoms with E-state index in [1.165, 1.54) is 0 Å². The molecule has 0 aromatic carbocycles. The van der Waals surface area contributed by atoms with Crippen molar-refractivity contribution in [2.75, 3.05) is 50.7 Å². The minimum Gasteiger partial charge on any atom is -0.395 e. The van der Waals surface area contributed by atoms with E-state index in [1.54, 1.807) is 13.3 Å². The van der Waals surface area contributed by atoms with E-state index in [-0.39, 0.29) is 6.61 Å². The predicted octanol–water partition coefficient (Wildman–Crippen LogP) is 0.216. The van der Waals surface area contributed by atoms with E-state index < -0.39 is 0 Å². The number of aromatic nitrogens is 3. The number of aliphatic hydroxyl groups excluding tert-OH is 1. The molecule has 104 valence electrons. The SMILES string of the molecule is CNc1cn2ccnc2c(N(CCO)CCOC)n1. The van der Waals surface area contributed by atoms with Gasteiger partial charge in [-0.25, -0.2) is 9.97 Å². The zero-order valence-electron chi connectivity index (χ0n) is 11.2. The minimum absolute atomic E-state index is 0.0576. The van der Waals surface area contributed by atoms with Crippen LogP contribution in [0, 0.1) is 0 Å². The van der Waals surface area contributed by atoms with Crippen LogP contribution in [-0.2, 0) is 4.74 Å². The summed E-state index contributed by atoms with van der Waals surface area (Å²) in [5.74, 6) is 1.49. The molecule has 2 aromatic heterocycles. The average Bonchev–Trinajstić information content (AvgIpc) is 2.90. The highest BCUT2D eigenvalue weighted by atomic mass is 16.5. The summed E-state index contributed by atoms with van der Waals surface area (Å²) in [6, 6.07) is 0. The van der Waals surface area contributed by atoms with Crippen molar-refractivity contribution in [3.8, 4) is 0 Å². The molecular weight excluding hydrogens is 246 g/mol. The van der Waals surface area contributed by atoms with Gasteiger partial charge in [0.2, 0.25) is 0 Å². The highest BCUT2D eigenvalue weighted by Gasteiger charge is 2.14. The topological polar surface area (TPSA) is 74.9 Å². The summed E-state index contributed by atoms with van der Waals surface area (Å²) in [7, 11) is 3.47. The van der Waals surface area contributed by atoms with E-state index in [2.05, 4.69) is 15.3 Å². The lowest BCUT2D eigenvalue weighted by atomic mass is 10.4. The summed E-state index contributed by atoms with van der Waals surface area (Å²) in [5, 5.41) is 12.2. The maximum absolute atomic E-state index is 9.19. The summed E-state index contributed by atoms with van der Waals surface area (Å²) >= 11 is 0. The van der Waals surface area contributed by atoms with Crippen LogP contribution in [-0.4, -0.2) is 59.9 Å². The lowest BCUT2D eigenvalue weighted by molar-refractivity contribution is 0.202. The fourth-order valence-electron chi connectivity index (χ4n) is 1.89. The van der Waals surface area contributed by atoms with Gasteiger partial charge in [-0.2, -0.15) is 0 Å². The molecule has 0 radical (unpaired) electrons. The van der Waals surface area contributed by atoms with Crippen molar-refractivity contribution in [1.29, 1.82) is 0 Å². The summed E-state index contributed by atoms with van der Waals surface area (Å²) in [6.07, 6.45) is 5.47. The molecule has 0 aliphatic rings. The Bertz CT molecular complexity index is 528. The maximum atomic E-state index is 9.19. The molecule has 0 unspecified atom stereocenters. The largest absolute Gasteiger partial charge is 0.395 e. The Morgan fingerprint density at radius 2 is 2.32 bits per heavy atom. The van der Waals surface area contributed by atoms with E-state index in [4.69, 9.17) is 4.74 Å². The second kappa shape index (κ2) is 6.35. The quantitative estimate of drug-likeness (QED) is 0.746. The molecule has 0 saturated carbocycles. The number of hydrogen-bond donors (Lipinski definition) is 2. The van der Waals surface area contributed by atoms with Crippen LogP contribution in [0.2, 0.25) is 0 Å². The van der Waals surface area contributed by atoms with Gasteiger partial charge in [0, 0.05) is 39.6 Å². The van der Waals surface area contributed by atoms with Crippen LogP contribution in [0.4, 0.5) is 11.6 Å². The van der Waals surface area contributed by atoms with E-state index in [1.807, 2.05) is 28.7 Å². The third-order valence-corrected chi connectivity index (χ3v) is 2.85. The van der Waals surface area contributed by atoms with Gasteiger partial charge in [0.25, 0.3) is 0 Å². The molecule has 0 bridgehead atoms. The molecule has 0 aliphatic heterocycles. The molecule has 0 saturated heterocycles. The Labute approximate surface area is 111 Å². The lowest BCUT2D eigenvalue weighted by Crippen LogP contribution is -2.31. The Morgan fingerprint density at radius 1 is 1.47 bits per heavy atom. The van der Waals surface area contributed by atoms with Gasteiger partial charge in [-0.1, -0.05) is 0 Å². The number of rotatable bonds is 7. The van der Waals surface area contributed by atoms with Gasteiger partial charge in [-0.15, -0.1) is 0 Å². The third kappa shape index (κ3) is 2.94. The Morgan fingerprint density at radius 3 is 3.00 bits per heavy atom. The Kier molecular flexibility index (Phi) is 4.53. The van der Waals surface area contributed by atoms with E-state index in [0.717, 1.165) is 17.3 Å². The van der Waals surface area contributed by atoms with Crippen molar-refractivity contribution in [2.45, 2.75) is 0 Å². The number of fused-ring (bicyclic) bond motifs is 1. The minimum atomic E-state index is 0.0576. The smallest absolute Gasteiger partial charge is 0.180 e. The molecule has 0 amide bonds. The fourth-order valence-corrected chi connectivity index (χ4v) is 1.89. The first kappa shape index (κ1) is 13.6. The standard InChI is InChI=1S/C12H19N5O2/c1-13-10-9-17-4-3-14-11(17)12(15-10)16(5-7-18)6-8-19-2/h3-4,9,13,18H,5-8H2,1-2H3. The summed E-state index contributed by atoms with van der Waals surface area (Å²) < 4.78 is 7.00. The molecule has 7 heteroatoms. The first-order valence-electron chi connectivity index (χ1n) is 6.16. The highest BCUT2D eigenvalue weighted by molar-refractivity contribution is 5.66. The molecule has 2 aromatic rings. The van der Waals surface area contributed by atoms with Crippen LogP contribution < -0.4 is 10.2 Å². The van der Waals surface area contributed by atoms with Crippen molar-refractivity contribution >= 4 is 17.3 Å². The highest BCUT2D eigenvalue weighted by Crippen LogP contribution is 2.20. The van der Waals surface area contributed by atoms with Crippen LogP contribution in [0.5, 0.6) is 0 Å². The van der Waals surface area contributed by atoms with Gasteiger partial charge < -0.3 is 24.5 Å². The molecule has 0 atom stereocenters. The molecular formula is C12H19N5O2. The first-order valence-corrected chi connectivity index (χ1v) is 6.16. The van der Waals surface area contributed by atoms with Gasteiger partial charge in [0.1, 0.15) is 5.82 Å². The molecule has 19 heavy (non-hydrogen) atoms. The zero-order valence-corrected chi connectivity index (χ0v) is 11.2. The van der Waals surface area contributed by atoms with Crippen molar-refractivity contribution in [2.24, 2.45) is 0 Å². The zero-order chi connectivity index (χ0) is 13.7. The summed E-state index contributed by atoms with van der Waals surface area (Å²) in [6.45, 7) is 1.77. The number of nitrogens with one attached hydrogen (secondary N) is 1. The van der Waals surface area contributed by atoms with Crippen LogP contribution in [0.1, 0.15) is 0 Å². The third-order valence-electron chi connectivity index (χ3n) is 2.85. The molecule has 2 N–H and O–H groups in total. The van der Waals surface area contributed by atoms with Crippen LogP contribution in [0.15, 0.2) is 18.6 Å². The van der Waals surface area contributed by atoms with Crippen molar-refractivity contribution in [1.82, 2.24) is 14.4 Å². The normalized spacial score (nSPS) is 10.9.